The van der Waals surface area contributed by atoms with Gasteiger partial charge in [0.2, 0.25) is 0 Å². The van der Waals surface area contributed by atoms with Gasteiger partial charge in [-0.05, 0) is 5.56 Å². The van der Waals surface area contributed by atoms with Crippen molar-refractivity contribution in [3.8, 4) is 0 Å². The van der Waals surface area contributed by atoms with Gasteiger partial charge in [0.1, 0.15) is 12.1 Å². The number of nitrogens with two attached hydrogens (primary N) is 2. The second kappa shape index (κ2) is 4.41. The second-order valence-corrected chi connectivity index (χ2v) is 3.06. The summed E-state index contributed by atoms with van der Waals surface area (Å²) in [6.07, 6.45) is 0.898. The first-order chi connectivity index (χ1) is 6.69. The molecule has 0 fully saturated rings. The highest BCUT2D eigenvalue weighted by Gasteiger charge is 2.04. The van der Waals surface area contributed by atoms with Crippen LogP contribution in [0.3, 0.4) is 0 Å². The molecule has 0 aliphatic rings. The smallest absolute Gasteiger partial charge is 0.150 e. The van der Waals surface area contributed by atoms with Gasteiger partial charge in [-0.3, -0.25) is 0 Å². The number of amidine groups is 1. The number of rotatable bonds is 3. The minimum absolute atomic E-state index is 0.0971. The molecule has 1 unspecified atom stereocenters. The summed E-state index contributed by atoms with van der Waals surface area (Å²) in [5.41, 5.74) is 7.22. The van der Waals surface area contributed by atoms with Gasteiger partial charge in [-0.15, -0.1) is 0 Å². The first kappa shape index (κ1) is 10.2. The van der Waals surface area contributed by atoms with E-state index in [1.807, 2.05) is 19.1 Å². The average Bonchev–Trinajstić information content (AvgIpc) is 2.27. The van der Waals surface area contributed by atoms with Crippen LogP contribution in [0.5, 0.6) is 0 Å². The fourth-order valence-corrected chi connectivity index (χ4v) is 1.11. The SMILES string of the molecule is CC(C=O)c1ccc(/C(N)=N/N)cc1. The van der Waals surface area contributed by atoms with Crippen molar-refractivity contribution in [1.82, 2.24) is 0 Å². The lowest BCUT2D eigenvalue weighted by Crippen LogP contribution is -2.15. The molecule has 4 heteroatoms. The highest BCUT2D eigenvalue weighted by Crippen LogP contribution is 2.13. The number of carbonyl (C=O) groups excluding carboxylic acids is 1. The van der Waals surface area contributed by atoms with Crippen LogP contribution in [-0.2, 0) is 4.79 Å². The van der Waals surface area contributed by atoms with Crippen LogP contribution in [0.2, 0.25) is 0 Å². The minimum Gasteiger partial charge on any atom is -0.382 e. The third-order valence-electron chi connectivity index (χ3n) is 2.08. The molecule has 1 aromatic rings. The number of nitrogens with zero attached hydrogens (tertiary/aromatic N) is 1. The topological polar surface area (TPSA) is 81.5 Å². The summed E-state index contributed by atoms with van der Waals surface area (Å²) < 4.78 is 0. The number of aldehydes is 1. The first-order valence-electron chi connectivity index (χ1n) is 4.28. The van der Waals surface area contributed by atoms with E-state index in [0.717, 1.165) is 17.4 Å². The van der Waals surface area contributed by atoms with Crippen LogP contribution in [0.4, 0.5) is 0 Å². The third-order valence-corrected chi connectivity index (χ3v) is 2.08. The summed E-state index contributed by atoms with van der Waals surface area (Å²) in [5, 5.41) is 3.38. The zero-order valence-electron chi connectivity index (χ0n) is 7.97. The Morgan fingerprint density at radius 2 is 2.00 bits per heavy atom. The third kappa shape index (κ3) is 2.10. The molecular weight excluding hydrogens is 178 g/mol. The largest absolute Gasteiger partial charge is 0.382 e. The maximum absolute atomic E-state index is 10.5. The maximum Gasteiger partial charge on any atom is 0.150 e. The lowest BCUT2D eigenvalue weighted by atomic mass is 10.0. The van der Waals surface area contributed by atoms with Gasteiger partial charge >= 0.3 is 0 Å². The molecule has 0 aliphatic heterocycles. The average molecular weight is 191 g/mol. The van der Waals surface area contributed by atoms with E-state index in [9.17, 15) is 4.79 Å². The molecule has 0 radical (unpaired) electrons. The number of benzene rings is 1. The summed E-state index contributed by atoms with van der Waals surface area (Å²) in [6.45, 7) is 1.84. The maximum atomic E-state index is 10.5. The Kier molecular flexibility index (Phi) is 3.23. The lowest BCUT2D eigenvalue weighted by molar-refractivity contribution is -0.108. The van der Waals surface area contributed by atoms with Crippen molar-refractivity contribution in [3.63, 3.8) is 0 Å². The van der Waals surface area contributed by atoms with Crippen LogP contribution < -0.4 is 11.6 Å². The molecule has 4 nitrogen and oxygen atoms in total. The molecule has 0 aliphatic carbocycles. The molecule has 0 bridgehead atoms. The molecule has 0 amide bonds. The zero-order valence-corrected chi connectivity index (χ0v) is 7.97. The van der Waals surface area contributed by atoms with Gasteiger partial charge in [0.25, 0.3) is 0 Å². The molecule has 0 heterocycles. The fraction of sp³-hybridized carbons (Fsp3) is 0.200. The lowest BCUT2D eigenvalue weighted by Gasteiger charge is -2.04. The quantitative estimate of drug-likeness (QED) is 0.241. The molecule has 1 aromatic carbocycles. The second-order valence-electron chi connectivity index (χ2n) is 3.06. The molecule has 0 spiro atoms. The number of carbonyl (C=O) groups is 1. The van der Waals surface area contributed by atoms with E-state index in [1.165, 1.54) is 0 Å². The highest BCUT2D eigenvalue weighted by molar-refractivity contribution is 5.97. The van der Waals surface area contributed by atoms with Gasteiger partial charge in [0.15, 0.2) is 0 Å². The Hall–Kier alpha value is -1.84. The predicted octanol–water partition coefficient (Wildman–Crippen LogP) is 0.568. The normalized spacial score (nSPS) is 13.6. The Labute approximate surface area is 82.6 Å². The van der Waals surface area contributed by atoms with E-state index in [0.29, 0.717) is 0 Å². The van der Waals surface area contributed by atoms with E-state index in [2.05, 4.69) is 5.10 Å². The van der Waals surface area contributed by atoms with Crippen LogP contribution in [0, 0.1) is 0 Å². The van der Waals surface area contributed by atoms with Gasteiger partial charge in [0.05, 0.1) is 0 Å². The van der Waals surface area contributed by atoms with Crippen molar-refractivity contribution < 1.29 is 4.79 Å². The molecule has 1 atom stereocenters. The summed E-state index contributed by atoms with van der Waals surface area (Å²) in [5.74, 6) is 5.23. The summed E-state index contributed by atoms with van der Waals surface area (Å²) in [6, 6.07) is 7.26. The van der Waals surface area contributed by atoms with Crippen molar-refractivity contribution in [3.05, 3.63) is 35.4 Å². The van der Waals surface area contributed by atoms with Crippen LogP contribution in [-0.4, -0.2) is 12.1 Å². The van der Waals surface area contributed by atoms with Crippen LogP contribution >= 0.6 is 0 Å². The van der Waals surface area contributed by atoms with Gasteiger partial charge < -0.3 is 16.4 Å². The number of hydrogen-bond donors (Lipinski definition) is 2. The van der Waals surface area contributed by atoms with Gasteiger partial charge in [-0.1, -0.05) is 31.2 Å². The molecular formula is C10H13N3O. The minimum atomic E-state index is -0.0971. The van der Waals surface area contributed by atoms with Crippen molar-refractivity contribution in [2.45, 2.75) is 12.8 Å². The fourth-order valence-electron chi connectivity index (χ4n) is 1.11. The van der Waals surface area contributed by atoms with E-state index in [4.69, 9.17) is 11.6 Å². The van der Waals surface area contributed by atoms with E-state index in [1.54, 1.807) is 12.1 Å². The molecule has 0 saturated heterocycles. The van der Waals surface area contributed by atoms with Gasteiger partial charge in [-0.2, -0.15) is 5.10 Å². The number of hydrogen-bond acceptors (Lipinski definition) is 3. The van der Waals surface area contributed by atoms with Crippen LogP contribution in [0.15, 0.2) is 29.4 Å². The molecule has 0 saturated carbocycles. The van der Waals surface area contributed by atoms with Gasteiger partial charge in [0, 0.05) is 11.5 Å². The van der Waals surface area contributed by atoms with E-state index in [-0.39, 0.29) is 11.8 Å². The van der Waals surface area contributed by atoms with E-state index >= 15 is 0 Å². The van der Waals surface area contributed by atoms with Crippen molar-refractivity contribution >= 4 is 12.1 Å². The Morgan fingerprint density at radius 1 is 1.43 bits per heavy atom. The van der Waals surface area contributed by atoms with Crippen LogP contribution in [0.25, 0.3) is 0 Å². The molecule has 14 heavy (non-hydrogen) atoms. The summed E-state index contributed by atoms with van der Waals surface area (Å²) in [7, 11) is 0. The monoisotopic (exact) mass is 191 g/mol. The Balaban J connectivity index is 2.94. The number of hydrazone groups is 1. The van der Waals surface area contributed by atoms with Gasteiger partial charge in [-0.25, -0.2) is 0 Å². The zero-order chi connectivity index (χ0) is 10.6. The van der Waals surface area contributed by atoms with Crippen molar-refractivity contribution in [1.29, 1.82) is 0 Å². The molecule has 4 N–H and O–H groups in total. The van der Waals surface area contributed by atoms with Crippen LogP contribution in [0.1, 0.15) is 24.0 Å². The summed E-state index contributed by atoms with van der Waals surface area (Å²) in [4.78, 5) is 10.5. The molecule has 74 valence electrons. The molecule has 1 rings (SSSR count). The highest BCUT2D eigenvalue weighted by atomic mass is 16.1. The van der Waals surface area contributed by atoms with Crippen molar-refractivity contribution in [2.24, 2.45) is 16.7 Å². The van der Waals surface area contributed by atoms with Crippen molar-refractivity contribution in [2.75, 3.05) is 0 Å². The Morgan fingerprint density at radius 3 is 2.43 bits per heavy atom. The predicted molar refractivity (Wildman–Crippen MR) is 55.8 cm³/mol. The standard InChI is InChI=1S/C10H13N3O/c1-7(6-14)8-2-4-9(5-3-8)10(11)13-12/h2-7H,12H2,1H3,(H2,11,13). The first-order valence-corrected chi connectivity index (χ1v) is 4.28. The summed E-state index contributed by atoms with van der Waals surface area (Å²) >= 11 is 0. The Bertz CT molecular complexity index is 343. The molecule has 0 aromatic heterocycles. The van der Waals surface area contributed by atoms with E-state index < -0.39 is 0 Å².